The Morgan fingerprint density at radius 1 is 1.42 bits per heavy atom. The molecule has 3 rings (SSSR count). The Kier molecular flexibility index (Phi) is 3.53. The summed E-state index contributed by atoms with van der Waals surface area (Å²) in [6, 6.07) is 0.141. The van der Waals surface area contributed by atoms with Crippen LogP contribution in [0.25, 0.3) is 0 Å². The highest BCUT2D eigenvalue weighted by Crippen LogP contribution is 2.44. The van der Waals surface area contributed by atoms with E-state index in [1.807, 2.05) is 0 Å². The molecule has 0 aromatic rings. The molecule has 5 nitrogen and oxygen atoms in total. The van der Waals surface area contributed by atoms with Gasteiger partial charge in [0.25, 0.3) is 0 Å². The largest absolute Gasteiger partial charge is 0.386 e. The molecule has 0 aromatic carbocycles. The summed E-state index contributed by atoms with van der Waals surface area (Å²) in [6.45, 7) is 5.21. The first kappa shape index (κ1) is 13.3. The molecule has 5 heteroatoms. The van der Waals surface area contributed by atoms with E-state index < -0.39 is 5.60 Å². The zero-order chi connectivity index (χ0) is 13.5. The van der Waals surface area contributed by atoms with Crippen LogP contribution in [0.15, 0.2) is 0 Å². The molecule has 1 amide bonds. The summed E-state index contributed by atoms with van der Waals surface area (Å²) in [5.74, 6) is 0.511. The van der Waals surface area contributed by atoms with Crippen LogP contribution in [-0.4, -0.2) is 60.4 Å². The Morgan fingerprint density at radius 3 is 2.79 bits per heavy atom. The zero-order valence-electron chi connectivity index (χ0n) is 11.6. The first-order valence-corrected chi connectivity index (χ1v) is 7.46. The van der Waals surface area contributed by atoms with Crippen molar-refractivity contribution in [2.75, 3.05) is 32.8 Å². The van der Waals surface area contributed by atoms with Gasteiger partial charge in [-0.3, -0.25) is 4.79 Å². The average Bonchev–Trinajstić information content (AvgIpc) is 3.11. The smallest absolute Gasteiger partial charge is 0.229 e. The molecule has 2 saturated heterocycles. The van der Waals surface area contributed by atoms with Crippen molar-refractivity contribution in [2.24, 2.45) is 11.8 Å². The second-order valence-corrected chi connectivity index (χ2v) is 6.28. The predicted molar refractivity (Wildman–Crippen MR) is 70.6 cm³/mol. The third-order valence-electron chi connectivity index (χ3n) is 4.63. The molecule has 19 heavy (non-hydrogen) atoms. The van der Waals surface area contributed by atoms with Crippen LogP contribution in [0.2, 0.25) is 0 Å². The summed E-state index contributed by atoms with van der Waals surface area (Å²) in [6.07, 6.45) is 3.29. The molecule has 2 N–H and O–H groups in total. The normalized spacial score (nSPS) is 33.3. The topological polar surface area (TPSA) is 61.8 Å². The van der Waals surface area contributed by atoms with Crippen molar-refractivity contribution in [1.29, 1.82) is 0 Å². The van der Waals surface area contributed by atoms with E-state index in [0.29, 0.717) is 32.2 Å². The number of amides is 1. The third kappa shape index (κ3) is 2.51. The quantitative estimate of drug-likeness (QED) is 0.736. The number of ether oxygens (including phenoxy) is 1. The molecule has 0 radical (unpaired) electrons. The van der Waals surface area contributed by atoms with Crippen molar-refractivity contribution in [1.82, 2.24) is 10.2 Å². The monoisotopic (exact) mass is 268 g/mol. The van der Waals surface area contributed by atoms with E-state index in [1.54, 1.807) is 4.90 Å². The summed E-state index contributed by atoms with van der Waals surface area (Å²) in [5.41, 5.74) is -0.582. The molecule has 1 saturated carbocycles. The Balaban J connectivity index is 1.52. The van der Waals surface area contributed by atoms with Crippen LogP contribution in [0.3, 0.4) is 0 Å². The standard InChI is InChI=1S/C14H24N2O3/c1-2-5-15-12-7-19-6-11(12)13(17)16-8-14(18,9-16)10-3-4-10/h10-12,15,18H,2-9H2,1H3. The average molecular weight is 268 g/mol. The molecule has 3 fully saturated rings. The van der Waals surface area contributed by atoms with E-state index >= 15 is 0 Å². The molecule has 0 aromatic heterocycles. The molecule has 2 aliphatic heterocycles. The van der Waals surface area contributed by atoms with E-state index in [9.17, 15) is 9.90 Å². The number of hydrogen-bond acceptors (Lipinski definition) is 4. The van der Waals surface area contributed by atoms with Gasteiger partial charge in [-0.2, -0.15) is 0 Å². The van der Waals surface area contributed by atoms with E-state index in [-0.39, 0.29) is 17.9 Å². The number of nitrogens with one attached hydrogen (secondary N) is 1. The number of carbonyl (C=O) groups is 1. The number of rotatable bonds is 5. The van der Waals surface area contributed by atoms with Gasteiger partial charge in [-0.05, 0) is 31.7 Å². The van der Waals surface area contributed by atoms with Crippen molar-refractivity contribution >= 4 is 5.91 Å². The highest BCUT2D eigenvalue weighted by atomic mass is 16.5. The number of carbonyl (C=O) groups excluding carboxylic acids is 1. The van der Waals surface area contributed by atoms with Crippen molar-refractivity contribution < 1.29 is 14.6 Å². The van der Waals surface area contributed by atoms with Gasteiger partial charge in [0.1, 0.15) is 5.60 Å². The molecule has 108 valence electrons. The minimum atomic E-state index is -0.582. The Labute approximate surface area is 114 Å². The minimum absolute atomic E-state index is 0.0738. The minimum Gasteiger partial charge on any atom is -0.386 e. The van der Waals surface area contributed by atoms with Gasteiger partial charge >= 0.3 is 0 Å². The van der Waals surface area contributed by atoms with Crippen LogP contribution in [0.5, 0.6) is 0 Å². The number of hydrogen-bond donors (Lipinski definition) is 2. The summed E-state index contributed by atoms with van der Waals surface area (Å²) in [5, 5.41) is 13.7. The van der Waals surface area contributed by atoms with Crippen molar-refractivity contribution in [2.45, 2.75) is 37.8 Å². The van der Waals surface area contributed by atoms with Crippen LogP contribution in [0.1, 0.15) is 26.2 Å². The lowest BCUT2D eigenvalue weighted by Gasteiger charge is -2.48. The SMILES string of the molecule is CCCNC1COCC1C(=O)N1CC(O)(C2CC2)C1. The van der Waals surface area contributed by atoms with Gasteiger partial charge in [0.2, 0.25) is 5.91 Å². The Bertz CT molecular complexity index is 351. The van der Waals surface area contributed by atoms with Gasteiger partial charge in [-0.25, -0.2) is 0 Å². The fourth-order valence-electron chi connectivity index (χ4n) is 3.21. The molecular weight excluding hydrogens is 244 g/mol. The fourth-order valence-corrected chi connectivity index (χ4v) is 3.21. The second kappa shape index (κ2) is 5.04. The number of nitrogens with zero attached hydrogens (tertiary/aromatic N) is 1. The number of β-amino-alcohol motifs (C(OH)–C–C–N with tert-alkyl or cyclic N) is 1. The zero-order valence-corrected chi connectivity index (χ0v) is 11.6. The Hall–Kier alpha value is -0.650. The van der Waals surface area contributed by atoms with Gasteiger partial charge in [-0.1, -0.05) is 6.92 Å². The molecular formula is C14H24N2O3. The number of aliphatic hydroxyl groups is 1. The number of likely N-dealkylation sites (tertiary alicyclic amines) is 1. The van der Waals surface area contributed by atoms with Gasteiger partial charge in [0, 0.05) is 6.04 Å². The molecule has 0 spiro atoms. The van der Waals surface area contributed by atoms with Crippen molar-refractivity contribution in [3.05, 3.63) is 0 Å². The van der Waals surface area contributed by atoms with Crippen LogP contribution in [0, 0.1) is 11.8 Å². The van der Waals surface area contributed by atoms with Crippen LogP contribution in [0.4, 0.5) is 0 Å². The van der Waals surface area contributed by atoms with E-state index in [4.69, 9.17) is 4.74 Å². The van der Waals surface area contributed by atoms with Crippen LogP contribution >= 0.6 is 0 Å². The van der Waals surface area contributed by atoms with E-state index in [2.05, 4.69) is 12.2 Å². The van der Waals surface area contributed by atoms with Crippen molar-refractivity contribution in [3.8, 4) is 0 Å². The first-order valence-electron chi connectivity index (χ1n) is 7.46. The highest BCUT2D eigenvalue weighted by Gasteiger charge is 2.54. The summed E-state index contributed by atoms with van der Waals surface area (Å²) in [4.78, 5) is 14.2. The first-order chi connectivity index (χ1) is 9.14. The van der Waals surface area contributed by atoms with E-state index in [1.165, 1.54) is 0 Å². The maximum atomic E-state index is 12.4. The lowest BCUT2D eigenvalue weighted by molar-refractivity contribution is -0.163. The summed E-state index contributed by atoms with van der Waals surface area (Å²) < 4.78 is 5.45. The Morgan fingerprint density at radius 2 is 2.16 bits per heavy atom. The maximum absolute atomic E-state index is 12.4. The van der Waals surface area contributed by atoms with Gasteiger partial charge < -0.3 is 20.1 Å². The molecule has 0 bridgehead atoms. The third-order valence-corrected chi connectivity index (χ3v) is 4.63. The van der Waals surface area contributed by atoms with Gasteiger partial charge in [0.05, 0.1) is 32.2 Å². The predicted octanol–water partition coefficient (Wildman–Crippen LogP) is -0.0157. The van der Waals surface area contributed by atoms with Crippen LogP contribution in [-0.2, 0) is 9.53 Å². The van der Waals surface area contributed by atoms with Crippen LogP contribution < -0.4 is 5.32 Å². The highest BCUT2D eigenvalue weighted by molar-refractivity contribution is 5.81. The summed E-state index contributed by atoms with van der Waals surface area (Å²) in [7, 11) is 0. The lowest BCUT2D eigenvalue weighted by atomic mass is 9.87. The molecule has 2 heterocycles. The molecule has 2 unspecified atom stereocenters. The fraction of sp³-hybridized carbons (Fsp3) is 0.929. The van der Waals surface area contributed by atoms with Crippen molar-refractivity contribution in [3.63, 3.8) is 0 Å². The van der Waals surface area contributed by atoms with Gasteiger partial charge in [-0.15, -0.1) is 0 Å². The molecule has 3 aliphatic rings. The lowest BCUT2D eigenvalue weighted by Crippen LogP contribution is -2.66. The maximum Gasteiger partial charge on any atom is 0.229 e. The van der Waals surface area contributed by atoms with E-state index in [0.717, 1.165) is 25.8 Å². The molecule has 2 atom stereocenters. The summed E-state index contributed by atoms with van der Waals surface area (Å²) >= 11 is 0. The molecule has 1 aliphatic carbocycles. The second-order valence-electron chi connectivity index (χ2n) is 6.28. The van der Waals surface area contributed by atoms with Gasteiger partial charge in [0.15, 0.2) is 0 Å².